The number of ether oxygens (including phenoxy) is 1. The molecule has 1 aliphatic rings. The molecule has 3 heterocycles. The summed E-state index contributed by atoms with van der Waals surface area (Å²) < 4.78 is 30.8. The van der Waals surface area contributed by atoms with Crippen molar-refractivity contribution in [3.05, 3.63) is 48.0 Å². The summed E-state index contributed by atoms with van der Waals surface area (Å²) in [6, 6.07) is 7.73. The Morgan fingerprint density at radius 2 is 2.12 bits per heavy atom. The van der Waals surface area contributed by atoms with E-state index in [2.05, 4.69) is 15.0 Å². The number of nitrogens with one attached hydrogen (secondary N) is 1. The number of hydrogen-bond acceptors (Lipinski definition) is 5. The Labute approximate surface area is 139 Å². The summed E-state index contributed by atoms with van der Waals surface area (Å²) in [4.78, 5) is 11.6. The Kier molecular flexibility index (Phi) is 3.50. The van der Waals surface area contributed by atoms with Crippen molar-refractivity contribution in [2.45, 2.75) is 13.0 Å². The predicted molar refractivity (Wildman–Crippen MR) is 89.4 cm³/mol. The third-order valence-electron chi connectivity index (χ3n) is 4.14. The van der Waals surface area contributed by atoms with Crippen LogP contribution in [0, 0.1) is 0 Å². The first kappa shape index (κ1) is 15.1. The molecule has 0 aliphatic carbocycles. The first-order chi connectivity index (χ1) is 11.5. The van der Waals surface area contributed by atoms with Gasteiger partial charge in [-0.15, -0.1) is 0 Å². The Morgan fingerprint density at radius 1 is 1.25 bits per heavy atom. The molecular weight excluding hydrogens is 328 g/mol. The zero-order valence-corrected chi connectivity index (χ0v) is 13.9. The minimum atomic E-state index is -3.23. The monoisotopic (exact) mass is 344 g/mol. The van der Waals surface area contributed by atoms with E-state index in [9.17, 15) is 8.42 Å². The largest absolute Gasteiger partial charge is 0.439 e. The molecule has 4 rings (SSSR count). The molecule has 124 valence electrons. The molecule has 0 saturated heterocycles. The van der Waals surface area contributed by atoms with Gasteiger partial charge in [-0.25, -0.2) is 18.4 Å². The zero-order chi connectivity index (χ0) is 16.7. The van der Waals surface area contributed by atoms with E-state index in [0.717, 1.165) is 16.5 Å². The van der Waals surface area contributed by atoms with E-state index in [-0.39, 0.29) is 6.54 Å². The molecule has 0 radical (unpaired) electrons. The van der Waals surface area contributed by atoms with Gasteiger partial charge in [0.15, 0.2) is 0 Å². The normalized spacial score (nSPS) is 15.4. The van der Waals surface area contributed by atoms with Crippen molar-refractivity contribution in [2.24, 2.45) is 0 Å². The van der Waals surface area contributed by atoms with Crippen molar-refractivity contribution >= 4 is 20.9 Å². The van der Waals surface area contributed by atoms with Crippen molar-refractivity contribution in [2.75, 3.05) is 12.8 Å². The molecule has 0 saturated carbocycles. The first-order valence-electron chi connectivity index (χ1n) is 7.53. The molecule has 0 spiro atoms. The van der Waals surface area contributed by atoms with Gasteiger partial charge in [-0.05, 0) is 30.7 Å². The fourth-order valence-corrected chi connectivity index (χ4v) is 3.66. The summed E-state index contributed by atoms with van der Waals surface area (Å²) in [5, 5.41) is 1.05. The Hall–Kier alpha value is -2.45. The van der Waals surface area contributed by atoms with Crippen molar-refractivity contribution in [3.8, 4) is 11.6 Å². The summed E-state index contributed by atoms with van der Waals surface area (Å²) in [6.07, 6.45) is 5.03. The molecule has 7 nitrogen and oxygen atoms in total. The third-order valence-corrected chi connectivity index (χ3v) is 5.39. The SMILES string of the molecule is CS(=O)(=O)N1CCc2c(ncnc2Oc2ccc3[nH]ccc3c2)C1. The Balaban J connectivity index is 1.65. The number of aromatic amines is 1. The molecule has 8 heteroatoms. The maximum Gasteiger partial charge on any atom is 0.225 e. The average molecular weight is 344 g/mol. The molecule has 1 N–H and O–H groups in total. The number of nitrogens with zero attached hydrogens (tertiary/aromatic N) is 3. The highest BCUT2D eigenvalue weighted by molar-refractivity contribution is 7.88. The van der Waals surface area contributed by atoms with Gasteiger partial charge in [-0.2, -0.15) is 4.31 Å². The van der Waals surface area contributed by atoms with Crippen LogP contribution in [0.15, 0.2) is 36.8 Å². The minimum Gasteiger partial charge on any atom is -0.439 e. The number of H-pyrrole nitrogens is 1. The minimum absolute atomic E-state index is 0.254. The van der Waals surface area contributed by atoms with Gasteiger partial charge in [0, 0.05) is 29.2 Å². The molecular formula is C16H16N4O3S. The fourth-order valence-electron chi connectivity index (χ4n) is 2.88. The van der Waals surface area contributed by atoms with Gasteiger partial charge in [-0.3, -0.25) is 0 Å². The van der Waals surface area contributed by atoms with Crippen LogP contribution in [-0.4, -0.2) is 40.5 Å². The number of rotatable bonds is 3. The van der Waals surface area contributed by atoms with Crippen LogP contribution < -0.4 is 4.74 Å². The van der Waals surface area contributed by atoms with Gasteiger partial charge in [0.05, 0.1) is 18.5 Å². The van der Waals surface area contributed by atoms with Crippen molar-refractivity contribution in [3.63, 3.8) is 0 Å². The zero-order valence-electron chi connectivity index (χ0n) is 13.1. The number of fused-ring (bicyclic) bond motifs is 2. The van der Waals surface area contributed by atoms with E-state index in [1.807, 2.05) is 30.5 Å². The van der Waals surface area contributed by atoms with E-state index in [1.165, 1.54) is 16.9 Å². The molecule has 24 heavy (non-hydrogen) atoms. The van der Waals surface area contributed by atoms with Crippen molar-refractivity contribution < 1.29 is 13.2 Å². The van der Waals surface area contributed by atoms with E-state index in [1.54, 1.807) is 0 Å². The second-order valence-electron chi connectivity index (χ2n) is 5.78. The highest BCUT2D eigenvalue weighted by atomic mass is 32.2. The molecule has 2 aromatic heterocycles. The Morgan fingerprint density at radius 3 is 2.96 bits per heavy atom. The third kappa shape index (κ3) is 2.74. The van der Waals surface area contributed by atoms with Crippen LogP contribution in [0.2, 0.25) is 0 Å². The second kappa shape index (κ2) is 5.57. The van der Waals surface area contributed by atoms with Crippen LogP contribution in [0.4, 0.5) is 0 Å². The van der Waals surface area contributed by atoms with Crippen LogP contribution in [0.1, 0.15) is 11.3 Å². The lowest BCUT2D eigenvalue weighted by molar-refractivity contribution is 0.375. The van der Waals surface area contributed by atoms with E-state index in [0.29, 0.717) is 30.3 Å². The summed E-state index contributed by atoms with van der Waals surface area (Å²) in [7, 11) is -3.23. The summed E-state index contributed by atoms with van der Waals surface area (Å²) in [5.74, 6) is 1.18. The number of hydrogen-bond donors (Lipinski definition) is 1. The maximum atomic E-state index is 11.7. The Bertz CT molecular complexity index is 1010. The molecule has 0 fully saturated rings. The fraction of sp³-hybridized carbons (Fsp3) is 0.250. The smallest absolute Gasteiger partial charge is 0.225 e. The van der Waals surface area contributed by atoms with Crippen LogP contribution in [0.25, 0.3) is 10.9 Å². The summed E-state index contributed by atoms with van der Waals surface area (Å²) >= 11 is 0. The van der Waals surface area contributed by atoms with Crippen LogP contribution in [0.5, 0.6) is 11.6 Å². The number of sulfonamides is 1. The van der Waals surface area contributed by atoms with Crippen molar-refractivity contribution in [1.82, 2.24) is 19.3 Å². The van der Waals surface area contributed by atoms with E-state index < -0.39 is 10.0 Å². The maximum absolute atomic E-state index is 11.7. The van der Waals surface area contributed by atoms with E-state index in [4.69, 9.17) is 4.74 Å². The van der Waals surface area contributed by atoms with Gasteiger partial charge < -0.3 is 9.72 Å². The second-order valence-corrected chi connectivity index (χ2v) is 7.76. The predicted octanol–water partition coefficient (Wildman–Crippen LogP) is 2.07. The quantitative estimate of drug-likeness (QED) is 0.786. The lowest BCUT2D eigenvalue weighted by atomic mass is 10.1. The highest BCUT2D eigenvalue weighted by Crippen LogP contribution is 2.30. The average Bonchev–Trinajstić information content (AvgIpc) is 3.01. The summed E-state index contributed by atoms with van der Waals surface area (Å²) in [5.41, 5.74) is 2.60. The van der Waals surface area contributed by atoms with Gasteiger partial charge in [0.25, 0.3) is 0 Å². The van der Waals surface area contributed by atoms with Gasteiger partial charge in [0.1, 0.15) is 12.1 Å². The first-order valence-corrected chi connectivity index (χ1v) is 9.38. The molecule has 0 atom stereocenters. The van der Waals surface area contributed by atoms with Crippen molar-refractivity contribution in [1.29, 1.82) is 0 Å². The van der Waals surface area contributed by atoms with E-state index >= 15 is 0 Å². The van der Waals surface area contributed by atoms with Crippen LogP contribution in [0.3, 0.4) is 0 Å². The molecule has 1 aliphatic heterocycles. The van der Waals surface area contributed by atoms with Gasteiger partial charge >= 0.3 is 0 Å². The van der Waals surface area contributed by atoms with Crippen LogP contribution >= 0.6 is 0 Å². The lowest BCUT2D eigenvalue weighted by Gasteiger charge is -2.26. The standard InChI is InChI=1S/C16H16N4O3S/c1-24(21,22)20-7-5-13-15(9-20)18-10-19-16(13)23-12-2-3-14-11(8-12)4-6-17-14/h2-4,6,8,10,17H,5,7,9H2,1H3. The molecule has 0 amide bonds. The van der Waals surface area contributed by atoms with Gasteiger partial charge in [-0.1, -0.05) is 0 Å². The van der Waals surface area contributed by atoms with Crippen LogP contribution in [-0.2, 0) is 23.0 Å². The molecule has 0 bridgehead atoms. The topological polar surface area (TPSA) is 88.2 Å². The molecule has 3 aromatic rings. The summed E-state index contributed by atoms with van der Waals surface area (Å²) in [6.45, 7) is 0.663. The van der Waals surface area contributed by atoms with Gasteiger partial charge in [0.2, 0.25) is 15.9 Å². The number of aromatic nitrogens is 3. The molecule has 0 unspecified atom stereocenters. The molecule has 1 aromatic carbocycles. The number of benzene rings is 1. The highest BCUT2D eigenvalue weighted by Gasteiger charge is 2.27. The lowest BCUT2D eigenvalue weighted by Crippen LogP contribution is -2.35.